The lowest BCUT2D eigenvalue weighted by molar-refractivity contribution is 0.600. The number of aromatic nitrogens is 5. The van der Waals surface area contributed by atoms with Crippen LogP contribution in [0.25, 0.3) is 33.3 Å². The second kappa shape index (κ2) is 5.06. The van der Waals surface area contributed by atoms with Crippen LogP contribution in [0.15, 0.2) is 30.7 Å². The van der Waals surface area contributed by atoms with Crippen molar-refractivity contribution in [3.8, 4) is 11.3 Å². The van der Waals surface area contributed by atoms with Gasteiger partial charge < -0.3 is 9.55 Å². The van der Waals surface area contributed by atoms with E-state index in [0.29, 0.717) is 11.1 Å². The highest BCUT2D eigenvalue weighted by Crippen LogP contribution is 2.30. The second-order valence-corrected chi connectivity index (χ2v) is 6.37. The Bertz CT molecular complexity index is 1030. The molecule has 0 aliphatic carbocycles. The zero-order valence-corrected chi connectivity index (χ0v) is 13.9. The Balaban J connectivity index is 1.97. The number of nitrogens with zero attached hydrogens (tertiary/aromatic N) is 4. The van der Waals surface area contributed by atoms with E-state index in [4.69, 9.17) is 11.6 Å². The summed E-state index contributed by atoms with van der Waals surface area (Å²) in [6, 6.07) is 4.33. The van der Waals surface area contributed by atoms with Crippen LogP contribution in [0.5, 0.6) is 0 Å². The molecule has 0 amide bonds. The Labute approximate surface area is 138 Å². The first-order valence-electron chi connectivity index (χ1n) is 7.52. The van der Waals surface area contributed by atoms with Gasteiger partial charge in [0.25, 0.3) is 0 Å². The third-order valence-corrected chi connectivity index (χ3v) is 4.25. The van der Waals surface area contributed by atoms with Gasteiger partial charge in [0, 0.05) is 29.4 Å². The standard InChI is InChI=1S/C17H16ClN5/c1-9(2)23-10(3)22-15-8-19-14(5-16(15)23)13-7-21-17-12(13)4-11(18)6-20-17/h4-9H,1-3H3,(H,20,21). The van der Waals surface area contributed by atoms with Crippen LogP contribution in [0, 0.1) is 6.92 Å². The number of nitrogens with one attached hydrogen (secondary N) is 1. The van der Waals surface area contributed by atoms with Crippen LogP contribution >= 0.6 is 11.6 Å². The van der Waals surface area contributed by atoms with Gasteiger partial charge in [-0.15, -0.1) is 0 Å². The predicted molar refractivity (Wildman–Crippen MR) is 92.7 cm³/mol. The lowest BCUT2D eigenvalue weighted by atomic mass is 10.1. The summed E-state index contributed by atoms with van der Waals surface area (Å²) in [5.41, 5.74) is 4.68. The summed E-state index contributed by atoms with van der Waals surface area (Å²) >= 11 is 6.09. The van der Waals surface area contributed by atoms with E-state index in [9.17, 15) is 0 Å². The minimum Gasteiger partial charge on any atom is -0.345 e. The molecule has 4 aromatic heterocycles. The van der Waals surface area contributed by atoms with Crippen molar-refractivity contribution in [2.24, 2.45) is 0 Å². The fourth-order valence-electron chi connectivity index (χ4n) is 3.11. The van der Waals surface area contributed by atoms with Gasteiger partial charge in [0.15, 0.2) is 0 Å². The molecule has 0 aliphatic rings. The van der Waals surface area contributed by atoms with Crippen molar-refractivity contribution in [2.45, 2.75) is 26.8 Å². The van der Waals surface area contributed by atoms with E-state index in [1.165, 1.54) is 0 Å². The van der Waals surface area contributed by atoms with Crippen molar-refractivity contribution in [3.05, 3.63) is 41.6 Å². The summed E-state index contributed by atoms with van der Waals surface area (Å²) in [6.45, 7) is 6.34. The third kappa shape index (κ3) is 2.19. The largest absolute Gasteiger partial charge is 0.345 e. The lowest BCUT2D eigenvalue weighted by Crippen LogP contribution is -2.02. The average Bonchev–Trinajstić information content (AvgIpc) is 3.05. The Hall–Kier alpha value is -2.40. The number of fused-ring (bicyclic) bond motifs is 2. The third-order valence-electron chi connectivity index (χ3n) is 4.04. The van der Waals surface area contributed by atoms with Crippen LogP contribution in [-0.4, -0.2) is 24.5 Å². The van der Waals surface area contributed by atoms with E-state index in [0.717, 1.165) is 39.1 Å². The van der Waals surface area contributed by atoms with Gasteiger partial charge in [-0.3, -0.25) is 4.98 Å². The van der Waals surface area contributed by atoms with E-state index < -0.39 is 0 Å². The summed E-state index contributed by atoms with van der Waals surface area (Å²) in [5.74, 6) is 0.998. The van der Waals surface area contributed by atoms with Crippen molar-refractivity contribution < 1.29 is 0 Å². The number of hydrogen-bond acceptors (Lipinski definition) is 3. The highest BCUT2D eigenvalue weighted by molar-refractivity contribution is 6.31. The molecule has 116 valence electrons. The van der Waals surface area contributed by atoms with Crippen LogP contribution in [0.4, 0.5) is 0 Å². The first kappa shape index (κ1) is 14.2. The molecule has 0 fully saturated rings. The van der Waals surface area contributed by atoms with Crippen LogP contribution in [-0.2, 0) is 0 Å². The van der Waals surface area contributed by atoms with Crippen molar-refractivity contribution in [1.82, 2.24) is 24.5 Å². The normalized spacial score (nSPS) is 11.9. The molecule has 0 spiro atoms. The van der Waals surface area contributed by atoms with Gasteiger partial charge in [0.1, 0.15) is 17.0 Å². The maximum absolute atomic E-state index is 6.09. The molecule has 6 heteroatoms. The highest BCUT2D eigenvalue weighted by atomic mass is 35.5. The lowest BCUT2D eigenvalue weighted by Gasteiger charge is -2.11. The number of pyridine rings is 2. The topological polar surface area (TPSA) is 59.4 Å². The molecular weight excluding hydrogens is 310 g/mol. The number of hydrogen-bond donors (Lipinski definition) is 1. The smallest absolute Gasteiger partial charge is 0.138 e. The molecule has 0 bridgehead atoms. The first-order valence-corrected chi connectivity index (χ1v) is 7.90. The molecule has 0 atom stereocenters. The van der Waals surface area contributed by atoms with Crippen molar-refractivity contribution in [1.29, 1.82) is 0 Å². The van der Waals surface area contributed by atoms with E-state index in [-0.39, 0.29) is 0 Å². The molecule has 0 aliphatic heterocycles. The Morgan fingerprint density at radius 1 is 1.17 bits per heavy atom. The molecular formula is C17H16ClN5. The highest BCUT2D eigenvalue weighted by Gasteiger charge is 2.14. The first-order chi connectivity index (χ1) is 11.0. The monoisotopic (exact) mass is 325 g/mol. The van der Waals surface area contributed by atoms with Gasteiger partial charge in [0.05, 0.1) is 22.4 Å². The summed E-state index contributed by atoms with van der Waals surface area (Å²) in [6.07, 6.45) is 5.39. The van der Waals surface area contributed by atoms with Gasteiger partial charge in [-0.2, -0.15) is 0 Å². The molecule has 23 heavy (non-hydrogen) atoms. The minimum absolute atomic E-state index is 0.342. The molecule has 4 heterocycles. The van der Waals surface area contributed by atoms with Crippen molar-refractivity contribution in [3.63, 3.8) is 0 Å². The van der Waals surface area contributed by atoms with Crippen LogP contribution < -0.4 is 0 Å². The van der Waals surface area contributed by atoms with E-state index >= 15 is 0 Å². The molecule has 4 rings (SSSR count). The number of imidazole rings is 1. The van der Waals surface area contributed by atoms with E-state index in [2.05, 4.69) is 44.4 Å². The number of aryl methyl sites for hydroxylation is 1. The molecule has 0 radical (unpaired) electrons. The maximum atomic E-state index is 6.09. The second-order valence-electron chi connectivity index (χ2n) is 5.93. The number of aromatic amines is 1. The van der Waals surface area contributed by atoms with Crippen molar-refractivity contribution >= 4 is 33.7 Å². The number of halogens is 1. The Morgan fingerprint density at radius 3 is 2.78 bits per heavy atom. The molecule has 0 aromatic carbocycles. The molecule has 5 nitrogen and oxygen atoms in total. The van der Waals surface area contributed by atoms with Gasteiger partial charge in [-0.05, 0) is 32.9 Å². The predicted octanol–water partition coefficient (Wildman–Crippen LogP) is 4.52. The maximum Gasteiger partial charge on any atom is 0.138 e. The average molecular weight is 326 g/mol. The zero-order chi connectivity index (χ0) is 16.1. The summed E-state index contributed by atoms with van der Waals surface area (Å²) < 4.78 is 2.22. The molecule has 0 saturated heterocycles. The van der Waals surface area contributed by atoms with Gasteiger partial charge in [-0.25, -0.2) is 9.97 Å². The fourth-order valence-corrected chi connectivity index (χ4v) is 3.27. The van der Waals surface area contributed by atoms with Crippen molar-refractivity contribution in [2.75, 3.05) is 0 Å². The van der Waals surface area contributed by atoms with E-state index in [1.807, 2.05) is 25.4 Å². The summed E-state index contributed by atoms with van der Waals surface area (Å²) in [4.78, 5) is 16.6. The van der Waals surface area contributed by atoms with Crippen LogP contribution in [0.3, 0.4) is 0 Å². The molecule has 0 unspecified atom stereocenters. The van der Waals surface area contributed by atoms with Crippen LogP contribution in [0.1, 0.15) is 25.7 Å². The summed E-state index contributed by atoms with van der Waals surface area (Å²) in [7, 11) is 0. The van der Waals surface area contributed by atoms with E-state index in [1.54, 1.807) is 6.20 Å². The summed E-state index contributed by atoms with van der Waals surface area (Å²) in [5, 5.41) is 1.58. The molecule has 0 saturated carbocycles. The Kier molecular flexibility index (Phi) is 3.13. The van der Waals surface area contributed by atoms with Gasteiger partial charge in [-0.1, -0.05) is 11.6 Å². The van der Waals surface area contributed by atoms with Crippen LogP contribution in [0.2, 0.25) is 5.02 Å². The molecule has 1 N–H and O–H groups in total. The Morgan fingerprint density at radius 2 is 2.00 bits per heavy atom. The minimum atomic E-state index is 0.342. The quantitative estimate of drug-likeness (QED) is 0.589. The zero-order valence-electron chi connectivity index (χ0n) is 13.1. The molecule has 4 aromatic rings. The van der Waals surface area contributed by atoms with Gasteiger partial charge >= 0.3 is 0 Å². The number of H-pyrrole nitrogens is 1. The number of rotatable bonds is 2. The fraction of sp³-hybridized carbons (Fsp3) is 0.235. The SMILES string of the molecule is Cc1nc2cnc(-c3c[nH]c4ncc(Cl)cc34)cc2n1C(C)C. The van der Waals surface area contributed by atoms with Gasteiger partial charge in [0.2, 0.25) is 0 Å².